The normalized spacial score (nSPS) is 16.6. The molecule has 1 fully saturated rings. The van der Waals surface area contributed by atoms with E-state index in [1.807, 2.05) is 18.2 Å². The van der Waals surface area contributed by atoms with E-state index < -0.39 is 18.4 Å². The van der Waals surface area contributed by atoms with Crippen LogP contribution in [-0.2, 0) is 23.2 Å². The maximum atomic E-state index is 13.3. The predicted octanol–water partition coefficient (Wildman–Crippen LogP) is 5.07. The smallest absolute Gasteiger partial charge is 0.263 e. The van der Waals surface area contributed by atoms with Gasteiger partial charge in [0.15, 0.2) is 6.10 Å². The molecular formula is C31H27F2N3O3. The number of halogens is 2. The van der Waals surface area contributed by atoms with Crippen LogP contribution in [0, 0.1) is 0 Å². The molecule has 1 atom stereocenters. The highest BCUT2D eigenvalue weighted by Gasteiger charge is 2.48. The number of carbonyl (C=O) groups excluding carboxylic acids is 1. The van der Waals surface area contributed by atoms with Gasteiger partial charge in [0, 0.05) is 18.5 Å². The van der Waals surface area contributed by atoms with Crippen LogP contribution in [0.15, 0.2) is 83.7 Å². The zero-order chi connectivity index (χ0) is 27.1. The standard InChI is InChI=1S/C31H27F2N3O3/c32-27(33)20-11-9-19(10-12-20)21-5-4-6-22(17-21)26(37)29(39)36-16-13-25-24(18-36)28(38)35-30(34-25)31(14-15-31)23-7-2-1-3-8-23/h1-12,17,26-27,37H,13-16,18H2,(H,34,35,38). The van der Waals surface area contributed by atoms with Crippen LogP contribution in [-0.4, -0.2) is 32.4 Å². The van der Waals surface area contributed by atoms with Gasteiger partial charge in [-0.05, 0) is 41.2 Å². The minimum Gasteiger partial charge on any atom is -0.378 e. The molecule has 1 aliphatic carbocycles. The third-order valence-electron chi connectivity index (χ3n) is 7.84. The van der Waals surface area contributed by atoms with Gasteiger partial charge in [-0.15, -0.1) is 0 Å². The fraction of sp³-hybridized carbons (Fsp3) is 0.258. The molecule has 1 aliphatic heterocycles. The molecule has 3 aromatic carbocycles. The van der Waals surface area contributed by atoms with Gasteiger partial charge in [0.2, 0.25) is 0 Å². The number of aromatic nitrogens is 2. The number of amides is 1. The number of alkyl halides is 2. The largest absolute Gasteiger partial charge is 0.378 e. The van der Waals surface area contributed by atoms with Crippen molar-refractivity contribution in [2.24, 2.45) is 0 Å². The van der Waals surface area contributed by atoms with Crippen molar-refractivity contribution in [1.29, 1.82) is 0 Å². The van der Waals surface area contributed by atoms with E-state index in [1.165, 1.54) is 17.0 Å². The highest BCUT2D eigenvalue weighted by Crippen LogP contribution is 2.52. The van der Waals surface area contributed by atoms with Crippen LogP contribution in [0.5, 0.6) is 0 Å². The van der Waals surface area contributed by atoms with Crippen molar-refractivity contribution in [3.8, 4) is 11.1 Å². The Morgan fingerprint density at radius 2 is 1.69 bits per heavy atom. The Balaban J connectivity index is 1.20. The zero-order valence-corrected chi connectivity index (χ0v) is 21.1. The molecule has 39 heavy (non-hydrogen) atoms. The predicted molar refractivity (Wildman–Crippen MR) is 142 cm³/mol. The number of aromatic amines is 1. The first-order chi connectivity index (χ1) is 18.9. The molecule has 2 aliphatic rings. The van der Waals surface area contributed by atoms with E-state index in [4.69, 9.17) is 4.98 Å². The van der Waals surface area contributed by atoms with Crippen molar-refractivity contribution in [1.82, 2.24) is 14.9 Å². The minimum absolute atomic E-state index is 0.0699. The number of carbonyl (C=O) groups is 1. The lowest BCUT2D eigenvalue weighted by Gasteiger charge is -2.30. The molecule has 8 heteroatoms. The van der Waals surface area contributed by atoms with Gasteiger partial charge in [0.1, 0.15) is 5.82 Å². The van der Waals surface area contributed by atoms with Gasteiger partial charge in [-0.2, -0.15) is 0 Å². The van der Waals surface area contributed by atoms with E-state index in [0.717, 1.165) is 18.4 Å². The van der Waals surface area contributed by atoms with E-state index in [2.05, 4.69) is 17.1 Å². The first-order valence-electron chi connectivity index (χ1n) is 13.0. The summed E-state index contributed by atoms with van der Waals surface area (Å²) in [6.45, 7) is 0.410. The summed E-state index contributed by atoms with van der Waals surface area (Å²) in [5.41, 5.74) is 3.49. The van der Waals surface area contributed by atoms with Gasteiger partial charge in [-0.25, -0.2) is 13.8 Å². The quantitative estimate of drug-likeness (QED) is 0.367. The number of nitrogens with zero attached hydrogens (tertiary/aromatic N) is 2. The Hall–Kier alpha value is -4.17. The van der Waals surface area contributed by atoms with Crippen LogP contribution in [0.3, 0.4) is 0 Å². The van der Waals surface area contributed by atoms with Gasteiger partial charge in [0.05, 0.1) is 23.2 Å². The molecule has 0 bridgehead atoms. The second kappa shape index (κ2) is 9.85. The van der Waals surface area contributed by atoms with Crippen molar-refractivity contribution in [3.63, 3.8) is 0 Å². The molecule has 198 valence electrons. The number of hydrogen-bond donors (Lipinski definition) is 2. The Morgan fingerprint density at radius 1 is 0.949 bits per heavy atom. The summed E-state index contributed by atoms with van der Waals surface area (Å²) < 4.78 is 25.8. The number of aliphatic hydroxyl groups excluding tert-OH is 1. The van der Waals surface area contributed by atoms with Gasteiger partial charge in [-0.1, -0.05) is 72.8 Å². The molecule has 0 spiro atoms. The lowest BCUT2D eigenvalue weighted by atomic mass is 9.94. The van der Waals surface area contributed by atoms with Crippen molar-refractivity contribution in [2.75, 3.05) is 6.54 Å². The summed E-state index contributed by atoms with van der Waals surface area (Å²) in [5, 5.41) is 10.9. The summed E-state index contributed by atoms with van der Waals surface area (Å²) >= 11 is 0. The van der Waals surface area contributed by atoms with Gasteiger partial charge >= 0.3 is 0 Å². The fourth-order valence-electron chi connectivity index (χ4n) is 5.41. The molecule has 4 aromatic rings. The molecule has 1 amide bonds. The van der Waals surface area contributed by atoms with Gasteiger partial charge in [0.25, 0.3) is 17.9 Å². The zero-order valence-electron chi connectivity index (χ0n) is 21.1. The molecule has 1 aromatic heterocycles. The summed E-state index contributed by atoms with van der Waals surface area (Å²) in [5.74, 6) is 0.174. The Labute approximate surface area is 224 Å². The molecule has 6 nitrogen and oxygen atoms in total. The number of hydrogen-bond acceptors (Lipinski definition) is 4. The van der Waals surface area contributed by atoms with Crippen LogP contribution in [0.4, 0.5) is 8.78 Å². The summed E-state index contributed by atoms with van der Waals surface area (Å²) in [6, 6.07) is 22.8. The second-order valence-electron chi connectivity index (χ2n) is 10.2. The Morgan fingerprint density at radius 3 is 2.38 bits per heavy atom. The third kappa shape index (κ3) is 4.65. The molecule has 1 saturated carbocycles. The van der Waals surface area contributed by atoms with Crippen LogP contribution in [0.2, 0.25) is 0 Å². The maximum absolute atomic E-state index is 13.3. The van der Waals surface area contributed by atoms with Crippen LogP contribution in [0.25, 0.3) is 11.1 Å². The number of rotatable bonds is 6. The number of benzene rings is 3. The van der Waals surface area contributed by atoms with E-state index in [1.54, 1.807) is 36.4 Å². The lowest BCUT2D eigenvalue weighted by Crippen LogP contribution is -2.42. The van der Waals surface area contributed by atoms with Crippen molar-refractivity contribution in [2.45, 2.75) is 43.8 Å². The second-order valence-corrected chi connectivity index (χ2v) is 10.2. The number of fused-ring (bicyclic) bond motifs is 1. The van der Waals surface area contributed by atoms with Gasteiger partial charge < -0.3 is 15.0 Å². The average Bonchev–Trinajstić information content (AvgIpc) is 3.79. The fourth-order valence-corrected chi connectivity index (χ4v) is 5.41. The molecular weight excluding hydrogens is 500 g/mol. The lowest BCUT2D eigenvalue weighted by molar-refractivity contribution is -0.141. The minimum atomic E-state index is -2.55. The SMILES string of the molecule is O=C(C(O)c1cccc(-c2ccc(C(F)F)cc2)c1)N1CCc2nc(C3(c4ccccc4)CC3)[nH]c(=O)c2C1. The first-order valence-corrected chi connectivity index (χ1v) is 13.0. The van der Waals surface area contributed by atoms with Crippen LogP contribution >= 0.6 is 0 Å². The van der Waals surface area contributed by atoms with Gasteiger partial charge in [-0.3, -0.25) is 9.59 Å². The van der Waals surface area contributed by atoms with E-state index >= 15 is 0 Å². The molecule has 6 rings (SSSR count). The Kier molecular flexibility index (Phi) is 6.35. The molecule has 0 saturated heterocycles. The topological polar surface area (TPSA) is 86.3 Å². The molecule has 2 N–H and O–H groups in total. The number of aliphatic hydroxyl groups is 1. The van der Waals surface area contributed by atoms with E-state index in [9.17, 15) is 23.5 Å². The van der Waals surface area contributed by atoms with Crippen molar-refractivity contribution in [3.05, 3.63) is 123 Å². The maximum Gasteiger partial charge on any atom is 0.263 e. The molecule has 0 radical (unpaired) electrons. The summed E-state index contributed by atoms with van der Waals surface area (Å²) in [6.07, 6.45) is -1.71. The molecule has 1 unspecified atom stereocenters. The average molecular weight is 528 g/mol. The number of nitrogens with one attached hydrogen (secondary N) is 1. The van der Waals surface area contributed by atoms with Crippen molar-refractivity contribution >= 4 is 5.91 Å². The monoisotopic (exact) mass is 527 g/mol. The van der Waals surface area contributed by atoms with Crippen LogP contribution < -0.4 is 5.56 Å². The van der Waals surface area contributed by atoms with E-state index in [0.29, 0.717) is 46.7 Å². The first kappa shape index (κ1) is 25.1. The Bertz CT molecular complexity index is 1580. The number of H-pyrrole nitrogens is 1. The van der Waals surface area contributed by atoms with E-state index in [-0.39, 0.29) is 23.1 Å². The summed E-state index contributed by atoms with van der Waals surface area (Å²) in [4.78, 5) is 35.7. The summed E-state index contributed by atoms with van der Waals surface area (Å²) in [7, 11) is 0. The van der Waals surface area contributed by atoms with Crippen molar-refractivity contribution < 1.29 is 18.7 Å². The third-order valence-corrected chi connectivity index (χ3v) is 7.84. The molecule has 2 heterocycles. The highest BCUT2D eigenvalue weighted by atomic mass is 19.3. The van der Waals surface area contributed by atoms with Crippen LogP contribution in [0.1, 0.15) is 59.1 Å². The highest BCUT2D eigenvalue weighted by molar-refractivity contribution is 5.83.